The average molecular weight is 354 g/mol. The molecule has 3 nitrogen and oxygen atoms in total. The number of hydrogen-bond acceptors (Lipinski definition) is 4. The first-order chi connectivity index (χ1) is 9.70. The highest BCUT2D eigenvalue weighted by atomic mass is 79.9. The standard InChI is InChI=1S/C15H20BrN3S/c1-3-8-17-9-4-5-14-18-19-15(20-14)12-7-6-11(2)13(16)10-12/h6-7,10,17H,3-5,8-9H2,1-2H3. The lowest BCUT2D eigenvalue weighted by molar-refractivity contribution is 0.637. The summed E-state index contributed by atoms with van der Waals surface area (Å²) in [6.07, 6.45) is 3.30. The van der Waals surface area contributed by atoms with Crippen molar-refractivity contribution in [2.24, 2.45) is 0 Å². The molecule has 108 valence electrons. The van der Waals surface area contributed by atoms with Crippen LogP contribution in [0.2, 0.25) is 0 Å². The fourth-order valence-corrected chi connectivity index (χ4v) is 3.12. The Morgan fingerprint density at radius 1 is 1.25 bits per heavy atom. The van der Waals surface area contributed by atoms with Crippen molar-refractivity contribution in [1.82, 2.24) is 15.5 Å². The molecule has 0 aliphatic rings. The predicted molar refractivity (Wildman–Crippen MR) is 89.3 cm³/mol. The number of rotatable bonds is 7. The summed E-state index contributed by atoms with van der Waals surface area (Å²) in [6.45, 7) is 6.42. The van der Waals surface area contributed by atoms with Gasteiger partial charge in [-0.25, -0.2) is 0 Å². The molecule has 0 fully saturated rings. The summed E-state index contributed by atoms with van der Waals surface area (Å²) in [5, 5.41) is 14.1. The molecule has 0 aliphatic carbocycles. The molecule has 0 bridgehead atoms. The van der Waals surface area contributed by atoms with Crippen molar-refractivity contribution >= 4 is 27.3 Å². The SMILES string of the molecule is CCCNCCCc1nnc(-c2ccc(C)c(Br)c2)s1. The van der Waals surface area contributed by atoms with Crippen LogP contribution in [-0.2, 0) is 6.42 Å². The molecule has 0 radical (unpaired) electrons. The second-order valence-corrected chi connectivity index (χ2v) is 6.73. The minimum Gasteiger partial charge on any atom is -0.317 e. The van der Waals surface area contributed by atoms with Crippen molar-refractivity contribution in [1.29, 1.82) is 0 Å². The van der Waals surface area contributed by atoms with Crippen molar-refractivity contribution in [3.8, 4) is 10.6 Å². The fraction of sp³-hybridized carbons (Fsp3) is 0.467. The minimum absolute atomic E-state index is 1.00. The quantitative estimate of drug-likeness (QED) is 0.757. The van der Waals surface area contributed by atoms with Crippen LogP contribution in [0.4, 0.5) is 0 Å². The lowest BCUT2D eigenvalue weighted by Crippen LogP contribution is -2.16. The Kier molecular flexibility index (Phi) is 6.13. The Labute approximate surface area is 133 Å². The van der Waals surface area contributed by atoms with Crippen molar-refractivity contribution in [2.75, 3.05) is 13.1 Å². The predicted octanol–water partition coefficient (Wildman–Crippen LogP) is 4.21. The molecular formula is C15H20BrN3S. The molecule has 0 saturated heterocycles. The topological polar surface area (TPSA) is 37.8 Å². The van der Waals surface area contributed by atoms with E-state index in [4.69, 9.17) is 0 Å². The first kappa shape index (κ1) is 15.6. The highest BCUT2D eigenvalue weighted by molar-refractivity contribution is 9.10. The van der Waals surface area contributed by atoms with Crippen LogP contribution in [0.5, 0.6) is 0 Å². The summed E-state index contributed by atoms with van der Waals surface area (Å²) in [7, 11) is 0. The van der Waals surface area contributed by atoms with Crippen LogP contribution < -0.4 is 5.32 Å². The molecule has 0 unspecified atom stereocenters. The van der Waals surface area contributed by atoms with Crippen LogP contribution in [-0.4, -0.2) is 23.3 Å². The maximum atomic E-state index is 4.30. The molecule has 2 rings (SSSR count). The number of aromatic nitrogens is 2. The lowest BCUT2D eigenvalue weighted by Gasteiger charge is -2.00. The molecule has 0 saturated carbocycles. The number of benzene rings is 1. The molecule has 1 aromatic carbocycles. The Hall–Kier alpha value is -0.780. The van der Waals surface area contributed by atoms with Gasteiger partial charge in [0, 0.05) is 16.5 Å². The summed E-state index contributed by atoms with van der Waals surface area (Å²) in [4.78, 5) is 0. The zero-order valence-corrected chi connectivity index (χ0v) is 14.4. The number of halogens is 1. The number of aryl methyl sites for hydroxylation is 2. The molecule has 1 N–H and O–H groups in total. The summed E-state index contributed by atoms with van der Waals surface area (Å²) >= 11 is 5.26. The first-order valence-corrected chi connectivity index (χ1v) is 8.61. The summed E-state index contributed by atoms with van der Waals surface area (Å²) in [6, 6.07) is 6.32. The van der Waals surface area contributed by atoms with Crippen molar-refractivity contribution in [3.05, 3.63) is 33.2 Å². The zero-order chi connectivity index (χ0) is 14.4. The van der Waals surface area contributed by atoms with Crippen LogP contribution in [0, 0.1) is 6.92 Å². The molecule has 0 aliphatic heterocycles. The van der Waals surface area contributed by atoms with E-state index in [1.54, 1.807) is 11.3 Å². The van der Waals surface area contributed by atoms with Gasteiger partial charge in [0.1, 0.15) is 10.0 Å². The van der Waals surface area contributed by atoms with Crippen molar-refractivity contribution in [2.45, 2.75) is 33.1 Å². The van der Waals surface area contributed by atoms with Gasteiger partial charge in [0.2, 0.25) is 0 Å². The summed E-state index contributed by atoms with van der Waals surface area (Å²) < 4.78 is 1.12. The van der Waals surface area contributed by atoms with E-state index in [2.05, 4.69) is 63.5 Å². The minimum atomic E-state index is 1.00. The Balaban J connectivity index is 1.93. The van der Waals surface area contributed by atoms with Gasteiger partial charge in [0.25, 0.3) is 0 Å². The summed E-state index contributed by atoms with van der Waals surface area (Å²) in [5.41, 5.74) is 2.37. The van der Waals surface area contributed by atoms with E-state index in [1.165, 1.54) is 12.0 Å². The molecule has 1 heterocycles. The molecular weight excluding hydrogens is 334 g/mol. The first-order valence-electron chi connectivity index (χ1n) is 7.00. The highest BCUT2D eigenvalue weighted by Crippen LogP contribution is 2.28. The van der Waals surface area contributed by atoms with Gasteiger partial charge < -0.3 is 5.32 Å². The molecule has 0 amide bonds. The third-order valence-electron chi connectivity index (χ3n) is 3.06. The molecule has 20 heavy (non-hydrogen) atoms. The van der Waals surface area contributed by atoms with E-state index in [0.29, 0.717) is 0 Å². The van der Waals surface area contributed by atoms with Crippen LogP contribution in [0.3, 0.4) is 0 Å². The Morgan fingerprint density at radius 3 is 2.85 bits per heavy atom. The highest BCUT2D eigenvalue weighted by Gasteiger charge is 2.07. The second-order valence-electron chi connectivity index (χ2n) is 4.82. The van der Waals surface area contributed by atoms with E-state index in [1.807, 2.05) is 0 Å². The smallest absolute Gasteiger partial charge is 0.147 e. The van der Waals surface area contributed by atoms with Gasteiger partial charge in [-0.05, 0) is 44.5 Å². The van der Waals surface area contributed by atoms with Gasteiger partial charge >= 0.3 is 0 Å². The largest absolute Gasteiger partial charge is 0.317 e. The van der Waals surface area contributed by atoms with Gasteiger partial charge in [0.15, 0.2) is 0 Å². The van der Waals surface area contributed by atoms with Gasteiger partial charge in [-0.1, -0.05) is 46.3 Å². The zero-order valence-electron chi connectivity index (χ0n) is 11.9. The molecule has 0 spiro atoms. The van der Waals surface area contributed by atoms with Crippen molar-refractivity contribution < 1.29 is 0 Å². The van der Waals surface area contributed by atoms with Crippen LogP contribution in [0.1, 0.15) is 30.3 Å². The normalized spacial score (nSPS) is 10.9. The van der Waals surface area contributed by atoms with Crippen LogP contribution in [0.15, 0.2) is 22.7 Å². The van der Waals surface area contributed by atoms with Gasteiger partial charge in [-0.2, -0.15) is 0 Å². The summed E-state index contributed by atoms with van der Waals surface area (Å²) in [5.74, 6) is 0. The number of hydrogen-bond donors (Lipinski definition) is 1. The van der Waals surface area contributed by atoms with Crippen LogP contribution in [0.25, 0.3) is 10.6 Å². The molecule has 2 aromatic rings. The van der Waals surface area contributed by atoms with E-state index in [9.17, 15) is 0 Å². The number of nitrogens with zero attached hydrogens (tertiary/aromatic N) is 2. The molecule has 0 atom stereocenters. The average Bonchev–Trinajstić information content (AvgIpc) is 2.90. The van der Waals surface area contributed by atoms with Gasteiger partial charge in [-0.15, -0.1) is 10.2 Å². The third kappa shape index (κ3) is 4.36. The van der Waals surface area contributed by atoms with Crippen molar-refractivity contribution in [3.63, 3.8) is 0 Å². The maximum Gasteiger partial charge on any atom is 0.147 e. The van der Waals surface area contributed by atoms with E-state index >= 15 is 0 Å². The maximum absolute atomic E-state index is 4.30. The van der Waals surface area contributed by atoms with E-state index in [-0.39, 0.29) is 0 Å². The second kappa shape index (κ2) is 7.86. The third-order valence-corrected chi connectivity index (χ3v) is 4.94. The Bertz CT molecular complexity index is 554. The number of nitrogens with one attached hydrogen (secondary N) is 1. The van der Waals surface area contributed by atoms with Crippen LogP contribution >= 0.6 is 27.3 Å². The van der Waals surface area contributed by atoms with E-state index in [0.717, 1.165) is 46.0 Å². The van der Waals surface area contributed by atoms with E-state index < -0.39 is 0 Å². The van der Waals surface area contributed by atoms with Gasteiger partial charge in [-0.3, -0.25) is 0 Å². The monoisotopic (exact) mass is 353 g/mol. The molecule has 5 heteroatoms. The van der Waals surface area contributed by atoms with Gasteiger partial charge in [0.05, 0.1) is 0 Å². The Morgan fingerprint density at radius 2 is 2.10 bits per heavy atom. The molecule has 1 aromatic heterocycles. The fourth-order valence-electron chi connectivity index (χ4n) is 1.86. The lowest BCUT2D eigenvalue weighted by atomic mass is 10.2.